The van der Waals surface area contributed by atoms with Crippen molar-refractivity contribution in [3.63, 3.8) is 0 Å². The number of imide groups is 1. The highest BCUT2D eigenvalue weighted by molar-refractivity contribution is 6.08. The summed E-state index contributed by atoms with van der Waals surface area (Å²) >= 11 is 0. The molecular weight excluding hydrogens is 708 g/mol. The zero-order valence-electron chi connectivity index (χ0n) is 30.6. The van der Waals surface area contributed by atoms with Crippen molar-refractivity contribution in [2.45, 2.75) is 89.3 Å². The molecule has 2 aromatic carbocycles. The van der Waals surface area contributed by atoms with Gasteiger partial charge in [0.1, 0.15) is 23.4 Å². The number of unbranched alkanes of at least 4 members (excludes halogenated alkanes) is 5. The van der Waals surface area contributed by atoms with Crippen LogP contribution in [0.25, 0.3) is 22.0 Å². The molecule has 1 aliphatic carbocycles. The first kappa shape index (κ1) is 37.5. The molecule has 0 spiro atoms. The van der Waals surface area contributed by atoms with E-state index in [-0.39, 0.29) is 46.9 Å². The van der Waals surface area contributed by atoms with Crippen LogP contribution in [0.3, 0.4) is 0 Å². The topological polar surface area (TPSA) is 162 Å². The van der Waals surface area contributed by atoms with E-state index in [0.29, 0.717) is 47.4 Å². The lowest BCUT2D eigenvalue weighted by Crippen LogP contribution is -2.52. The van der Waals surface area contributed by atoms with Crippen molar-refractivity contribution in [3.8, 4) is 11.1 Å². The number of fused-ring (bicyclic) bond motifs is 2. The first-order chi connectivity index (χ1) is 26.6. The van der Waals surface area contributed by atoms with Crippen molar-refractivity contribution in [3.05, 3.63) is 88.4 Å². The van der Waals surface area contributed by atoms with E-state index in [1.807, 2.05) is 6.07 Å². The molecule has 4 N–H and O–H groups in total. The van der Waals surface area contributed by atoms with Gasteiger partial charge in [-0.1, -0.05) is 37.8 Å². The van der Waals surface area contributed by atoms with Crippen LogP contribution in [0.15, 0.2) is 48.8 Å². The van der Waals surface area contributed by atoms with Crippen molar-refractivity contribution in [1.82, 2.24) is 30.8 Å². The van der Waals surface area contributed by atoms with Crippen molar-refractivity contribution in [1.29, 1.82) is 0 Å². The van der Waals surface area contributed by atoms with Gasteiger partial charge in [-0.3, -0.25) is 39.3 Å². The highest BCUT2D eigenvalue weighted by Gasteiger charge is 2.40. The number of nitrogens with zero attached hydrogens (tertiary/aromatic N) is 3. The second-order valence-electron chi connectivity index (χ2n) is 14.5. The van der Waals surface area contributed by atoms with Crippen molar-refractivity contribution in [2.24, 2.45) is 0 Å². The molecule has 4 heterocycles. The quantitative estimate of drug-likeness (QED) is 0.0904. The molecule has 7 rings (SSSR count). The van der Waals surface area contributed by atoms with Gasteiger partial charge in [0.05, 0.1) is 22.3 Å². The summed E-state index contributed by atoms with van der Waals surface area (Å²) < 4.78 is 30.5. The minimum atomic E-state index is -0.768. The molecule has 1 atom stereocenters. The molecule has 2 aromatic heterocycles. The summed E-state index contributed by atoms with van der Waals surface area (Å²) in [6.45, 7) is 0.701. The van der Waals surface area contributed by atoms with E-state index in [2.05, 4.69) is 31.2 Å². The van der Waals surface area contributed by atoms with Gasteiger partial charge >= 0.3 is 0 Å². The maximum Gasteiger partial charge on any atom is 0.273 e. The average molecular weight is 752 g/mol. The fourth-order valence-corrected chi connectivity index (χ4v) is 7.32. The second-order valence-corrected chi connectivity index (χ2v) is 14.5. The van der Waals surface area contributed by atoms with Crippen LogP contribution in [-0.4, -0.2) is 70.1 Å². The molecule has 4 aromatic rings. The number of pyridine rings is 2. The Bertz CT molecular complexity index is 2190. The smallest absolute Gasteiger partial charge is 0.273 e. The summed E-state index contributed by atoms with van der Waals surface area (Å²) in [5, 5.41) is 11.6. The Balaban J connectivity index is 0.842. The summed E-state index contributed by atoms with van der Waals surface area (Å²) in [6.07, 6.45) is 11.9. The van der Waals surface area contributed by atoms with Crippen LogP contribution in [0.5, 0.6) is 0 Å². The first-order valence-electron chi connectivity index (χ1n) is 18.9. The molecule has 1 saturated carbocycles. The van der Waals surface area contributed by atoms with E-state index in [0.717, 1.165) is 75.0 Å². The molecule has 12 nitrogen and oxygen atoms in total. The van der Waals surface area contributed by atoms with Crippen LogP contribution in [0.2, 0.25) is 0 Å². The minimum absolute atomic E-state index is 0.121. The standard InChI is InChI=1S/C41H43F2N7O5/c1-44-37-29-18-28(32(43)19-33(29)46-21-30(37)39(53)48-26-10-11-26)24-9-12-27(31(42)17-24)38(52)45-15-7-5-3-2-4-6-8-23-16-25-22-50(41(55)36(25)47-20-23)34-13-14-35(51)49-40(34)54/h9,12,16-21,26,34H,2-8,10-11,13-15,22H2,1H3,(H,44,46)(H,45,52)(H,48,53)(H,49,51,54). The molecule has 0 radical (unpaired) electrons. The SMILES string of the molecule is CNc1c(C(=O)NC2CC2)cnc2cc(F)c(-c3ccc(C(=O)NCCCCCCCCc4cnc5c(c4)CN(C4CCC(=O)NC4=O)C5=O)c(F)c3)cc12. The number of carbonyl (C=O) groups is 5. The summed E-state index contributed by atoms with van der Waals surface area (Å²) in [4.78, 5) is 72.5. The highest BCUT2D eigenvalue weighted by atomic mass is 19.1. The van der Waals surface area contributed by atoms with E-state index >= 15 is 8.78 Å². The molecule has 286 valence electrons. The first-order valence-corrected chi connectivity index (χ1v) is 18.9. The van der Waals surface area contributed by atoms with Gasteiger partial charge in [-0.15, -0.1) is 0 Å². The number of piperidine rings is 1. The normalized spacial score (nSPS) is 16.6. The lowest BCUT2D eigenvalue weighted by atomic mass is 9.99. The molecule has 3 aliphatic rings. The van der Waals surface area contributed by atoms with Crippen molar-refractivity contribution >= 4 is 46.1 Å². The predicted molar refractivity (Wildman–Crippen MR) is 201 cm³/mol. The summed E-state index contributed by atoms with van der Waals surface area (Å²) in [6, 6.07) is 8.27. The zero-order valence-corrected chi connectivity index (χ0v) is 30.6. The number of nitrogens with one attached hydrogen (secondary N) is 4. The Morgan fingerprint density at radius 2 is 1.65 bits per heavy atom. The number of carbonyl (C=O) groups excluding carboxylic acids is 5. The summed E-state index contributed by atoms with van der Waals surface area (Å²) in [7, 11) is 1.67. The number of amides is 5. The number of benzene rings is 2. The van der Waals surface area contributed by atoms with Crippen LogP contribution < -0.4 is 21.3 Å². The number of hydrogen-bond acceptors (Lipinski definition) is 8. The van der Waals surface area contributed by atoms with Gasteiger partial charge in [-0.05, 0) is 67.9 Å². The summed E-state index contributed by atoms with van der Waals surface area (Å²) in [5.41, 5.74) is 3.62. The lowest BCUT2D eigenvalue weighted by Gasteiger charge is -2.29. The third kappa shape index (κ3) is 8.32. The van der Waals surface area contributed by atoms with Gasteiger partial charge in [0.2, 0.25) is 11.8 Å². The van der Waals surface area contributed by atoms with Crippen LogP contribution in [0, 0.1) is 11.6 Å². The van der Waals surface area contributed by atoms with Crippen LogP contribution in [-0.2, 0) is 22.6 Å². The van der Waals surface area contributed by atoms with E-state index in [4.69, 9.17) is 0 Å². The van der Waals surface area contributed by atoms with E-state index in [1.165, 1.54) is 29.3 Å². The van der Waals surface area contributed by atoms with Crippen LogP contribution in [0.4, 0.5) is 14.5 Å². The number of hydrogen-bond donors (Lipinski definition) is 4. The van der Waals surface area contributed by atoms with Gasteiger partial charge < -0.3 is 20.9 Å². The molecule has 14 heteroatoms. The Hall–Kier alpha value is -5.79. The molecule has 0 bridgehead atoms. The number of aryl methyl sites for hydroxylation is 1. The molecule has 55 heavy (non-hydrogen) atoms. The van der Waals surface area contributed by atoms with Crippen LogP contribution in [0.1, 0.15) is 107 Å². The lowest BCUT2D eigenvalue weighted by molar-refractivity contribution is -0.136. The second kappa shape index (κ2) is 16.3. The largest absolute Gasteiger partial charge is 0.387 e. The third-order valence-corrected chi connectivity index (χ3v) is 10.5. The number of aromatic nitrogens is 2. The molecule has 2 fully saturated rings. The van der Waals surface area contributed by atoms with E-state index in [9.17, 15) is 24.0 Å². The van der Waals surface area contributed by atoms with Crippen molar-refractivity contribution in [2.75, 3.05) is 18.9 Å². The predicted octanol–water partition coefficient (Wildman–Crippen LogP) is 5.58. The maximum absolute atomic E-state index is 15.3. The van der Waals surface area contributed by atoms with Gasteiger partial charge in [-0.2, -0.15) is 0 Å². The molecule has 1 unspecified atom stereocenters. The fourth-order valence-electron chi connectivity index (χ4n) is 7.32. The molecule has 1 saturated heterocycles. The van der Waals surface area contributed by atoms with Gasteiger partial charge in [0, 0.05) is 67.6 Å². The van der Waals surface area contributed by atoms with Gasteiger partial charge in [0.25, 0.3) is 17.7 Å². The van der Waals surface area contributed by atoms with E-state index in [1.54, 1.807) is 19.3 Å². The third-order valence-electron chi connectivity index (χ3n) is 10.5. The monoisotopic (exact) mass is 751 g/mol. The van der Waals surface area contributed by atoms with Crippen LogP contribution >= 0.6 is 0 Å². The zero-order chi connectivity index (χ0) is 38.6. The average Bonchev–Trinajstić information content (AvgIpc) is 3.93. The van der Waals surface area contributed by atoms with Gasteiger partial charge in [-0.25, -0.2) is 8.78 Å². The number of halogens is 2. The molecule has 5 amide bonds. The minimum Gasteiger partial charge on any atom is -0.387 e. The number of anilines is 1. The number of rotatable bonds is 15. The Labute approximate surface area is 316 Å². The summed E-state index contributed by atoms with van der Waals surface area (Å²) in [5.74, 6) is -3.22. The Morgan fingerprint density at radius 3 is 2.40 bits per heavy atom. The van der Waals surface area contributed by atoms with E-state index < -0.39 is 29.5 Å². The molecular formula is C41H43F2N7O5. The molecule has 2 aliphatic heterocycles. The fraction of sp³-hybridized carbons (Fsp3) is 0.390. The Kier molecular flexibility index (Phi) is 11.1. The highest BCUT2D eigenvalue weighted by Crippen LogP contribution is 2.34. The Morgan fingerprint density at radius 1 is 0.873 bits per heavy atom. The van der Waals surface area contributed by atoms with Gasteiger partial charge in [0.15, 0.2) is 0 Å². The van der Waals surface area contributed by atoms with Crippen molar-refractivity contribution < 1.29 is 32.8 Å². The maximum atomic E-state index is 15.3.